The first-order valence-electron chi connectivity index (χ1n) is 11.5. The van der Waals surface area contributed by atoms with Gasteiger partial charge in [-0.15, -0.1) is 0 Å². The molecule has 1 N–H and O–H groups in total. The maximum absolute atomic E-state index is 12.5. The lowest BCUT2D eigenvalue weighted by Crippen LogP contribution is -2.73. The number of hydrogen-bond donors (Lipinski definition) is 1. The first-order chi connectivity index (χ1) is 14.7. The predicted octanol–water partition coefficient (Wildman–Crippen LogP) is 1.48. The third-order valence-corrected chi connectivity index (χ3v) is 9.09. The van der Waals surface area contributed by atoms with Crippen LogP contribution >= 0.6 is 0 Å². The number of likely N-dealkylation sites (tertiary alicyclic amines) is 1. The molecule has 2 saturated heterocycles. The number of nitrogens with zero attached hydrogens (tertiary/aromatic N) is 3. The molecular formula is C23H36N4O3S. The summed E-state index contributed by atoms with van der Waals surface area (Å²) >= 11 is 0. The fraction of sp³-hybridized carbons (Fsp3) is 0.696. The highest BCUT2D eigenvalue weighted by Gasteiger charge is 2.53. The molecule has 1 aromatic carbocycles. The van der Waals surface area contributed by atoms with E-state index in [9.17, 15) is 13.2 Å². The minimum atomic E-state index is -3.21. The smallest absolute Gasteiger partial charge is 0.224 e. The Labute approximate surface area is 186 Å². The zero-order valence-electron chi connectivity index (χ0n) is 19.0. The Kier molecular flexibility index (Phi) is 6.45. The normalized spacial score (nSPS) is 26.9. The Hall–Kier alpha value is -1.48. The zero-order chi connectivity index (χ0) is 22.2. The summed E-state index contributed by atoms with van der Waals surface area (Å²) in [6.07, 6.45) is 3.66. The van der Waals surface area contributed by atoms with Gasteiger partial charge in [0.25, 0.3) is 0 Å². The number of rotatable bonds is 8. The molecule has 1 amide bonds. The molecule has 31 heavy (non-hydrogen) atoms. The molecule has 7 nitrogen and oxygen atoms in total. The summed E-state index contributed by atoms with van der Waals surface area (Å²) in [6, 6.07) is 11.8. The van der Waals surface area contributed by atoms with Crippen molar-refractivity contribution < 1.29 is 13.2 Å². The van der Waals surface area contributed by atoms with Crippen molar-refractivity contribution in [2.75, 3.05) is 46.0 Å². The molecular weight excluding hydrogens is 412 g/mol. The molecule has 0 aromatic heterocycles. The van der Waals surface area contributed by atoms with E-state index in [0.29, 0.717) is 37.5 Å². The van der Waals surface area contributed by atoms with Gasteiger partial charge in [-0.3, -0.25) is 9.69 Å². The predicted molar refractivity (Wildman–Crippen MR) is 122 cm³/mol. The molecule has 1 aliphatic carbocycles. The number of hydrogen-bond acceptors (Lipinski definition) is 5. The molecule has 0 bridgehead atoms. The Morgan fingerprint density at radius 1 is 1.16 bits per heavy atom. The number of carbonyl (C=O) groups is 1. The summed E-state index contributed by atoms with van der Waals surface area (Å²) in [7, 11) is 0.327. The minimum Gasteiger partial charge on any atom is -0.349 e. The van der Waals surface area contributed by atoms with Crippen LogP contribution in [0.3, 0.4) is 0 Å². The quantitative estimate of drug-likeness (QED) is 0.652. The fourth-order valence-corrected chi connectivity index (χ4v) is 6.36. The monoisotopic (exact) mass is 448 g/mol. The lowest BCUT2D eigenvalue weighted by atomic mass is 9.83. The van der Waals surface area contributed by atoms with Gasteiger partial charge < -0.3 is 10.2 Å². The van der Waals surface area contributed by atoms with Gasteiger partial charge in [0, 0.05) is 64.7 Å². The van der Waals surface area contributed by atoms with Crippen molar-refractivity contribution in [3.05, 3.63) is 35.9 Å². The number of sulfonamides is 1. The van der Waals surface area contributed by atoms with Crippen molar-refractivity contribution in [1.82, 2.24) is 19.4 Å². The van der Waals surface area contributed by atoms with Gasteiger partial charge in [-0.25, -0.2) is 8.42 Å². The van der Waals surface area contributed by atoms with E-state index in [1.54, 1.807) is 30.2 Å². The van der Waals surface area contributed by atoms with Crippen LogP contribution in [0.25, 0.3) is 0 Å². The van der Waals surface area contributed by atoms with E-state index in [4.69, 9.17) is 0 Å². The van der Waals surface area contributed by atoms with Gasteiger partial charge in [-0.05, 0) is 31.7 Å². The molecule has 3 fully saturated rings. The van der Waals surface area contributed by atoms with Crippen LogP contribution in [0.15, 0.2) is 30.3 Å². The first-order valence-corrected chi connectivity index (χ1v) is 13.1. The van der Waals surface area contributed by atoms with E-state index in [2.05, 4.69) is 40.5 Å². The van der Waals surface area contributed by atoms with Gasteiger partial charge in [-0.2, -0.15) is 4.31 Å². The molecule has 0 radical (unpaired) electrons. The standard InChI is InChI=1S/C23H36N4O3S/c1-4-31(29,30)27-16-23(17-27,15-22(28)25(2)3)26-12-10-19(11-13-26)24-21-14-20(21)18-8-6-5-7-9-18/h5-9,19-21,24H,4,10-17H2,1-3H3/t20?,21-/m1/s1. The highest BCUT2D eigenvalue weighted by atomic mass is 32.2. The van der Waals surface area contributed by atoms with Crippen LogP contribution in [0.4, 0.5) is 0 Å². The van der Waals surface area contributed by atoms with Gasteiger partial charge in [-0.1, -0.05) is 30.3 Å². The van der Waals surface area contributed by atoms with Crippen molar-refractivity contribution in [3.63, 3.8) is 0 Å². The summed E-state index contributed by atoms with van der Waals surface area (Å²) in [5.74, 6) is 0.806. The SMILES string of the molecule is CCS(=O)(=O)N1CC(CC(=O)N(C)C)(N2CCC(N[C@@H]3CC3c3ccccc3)CC2)C1. The van der Waals surface area contributed by atoms with Crippen molar-refractivity contribution in [1.29, 1.82) is 0 Å². The molecule has 2 atom stereocenters. The third kappa shape index (κ3) is 4.82. The van der Waals surface area contributed by atoms with Gasteiger partial charge in [0.1, 0.15) is 0 Å². The van der Waals surface area contributed by atoms with Crippen LogP contribution in [-0.2, 0) is 14.8 Å². The summed E-state index contributed by atoms with van der Waals surface area (Å²) in [5, 5.41) is 3.84. The average molecular weight is 449 g/mol. The van der Waals surface area contributed by atoms with Gasteiger partial charge in [0.15, 0.2) is 0 Å². The van der Waals surface area contributed by atoms with E-state index in [1.807, 2.05) is 0 Å². The summed E-state index contributed by atoms with van der Waals surface area (Å²) in [6.45, 7) is 4.35. The Morgan fingerprint density at radius 3 is 2.39 bits per heavy atom. The van der Waals surface area contributed by atoms with Crippen LogP contribution < -0.4 is 5.32 Å². The zero-order valence-corrected chi connectivity index (χ0v) is 19.8. The minimum absolute atomic E-state index is 0.0671. The van der Waals surface area contributed by atoms with E-state index in [1.165, 1.54) is 12.0 Å². The highest BCUT2D eigenvalue weighted by molar-refractivity contribution is 7.89. The van der Waals surface area contributed by atoms with Gasteiger partial charge >= 0.3 is 0 Å². The Bertz CT molecular complexity index is 875. The fourth-order valence-electron chi connectivity index (χ4n) is 5.12. The number of carbonyl (C=O) groups excluding carboxylic acids is 1. The molecule has 1 aromatic rings. The molecule has 8 heteroatoms. The lowest BCUT2D eigenvalue weighted by Gasteiger charge is -2.56. The summed E-state index contributed by atoms with van der Waals surface area (Å²) < 4.78 is 26.2. The van der Waals surface area contributed by atoms with Gasteiger partial charge in [0.05, 0.1) is 11.3 Å². The van der Waals surface area contributed by atoms with Crippen LogP contribution in [0.1, 0.15) is 44.1 Å². The molecule has 1 unspecified atom stereocenters. The summed E-state index contributed by atoms with van der Waals surface area (Å²) in [5.41, 5.74) is 1.06. The van der Waals surface area contributed by atoms with Crippen LogP contribution in [0.2, 0.25) is 0 Å². The maximum atomic E-state index is 12.5. The number of nitrogens with one attached hydrogen (secondary N) is 1. The van der Waals surface area contributed by atoms with Crippen molar-refractivity contribution in [2.45, 2.75) is 56.1 Å². The molecule has 3 aliphatic rings. The molecule has 2 heterocycles. The molecule has 4 rings (SSSR count). The van der Waals surface area contributed by atoms with Crippen LogP contribution in [-0.4, -0.2) is 92.1 Å². The number of piperidine rings is 1. The lowest BCUT2D eigenvalue weighted by molar-refractivity contribution is -0.135. The van der Waals surface area contributed by atoms with E-state index < -0.39 is 10.0 Å². The van der Waals surface area contributed by atoms with Crippen LogP contribution in [0.5, 0.6) is 0 Å². The highest BCUT2D eigenvalue weighted by Crippen LogP contribution is 2.42. The van der Waals surface area contributed by atoms with Crippen molar-refractivity contribution >= 4 is 15.9 Å². The Balaban J connectivity index is 1.33. The largest absolute Gasteiger partial charge is 0.349 e. The Morgan fingerprint density at radius 2 is 1.81 bits per heavy atom. The van der Waals surface area contributed by atoms with Crippen molar-refractivity contribution in [3.8, 4) is 0 Å². The second-order valence-corrected chi connectivity index (χ2v) is 11.9. The number of benzene rings is 1. The van der Waals surface area contributed by atoms with E-state index in [-0.39, 0.29) is 17.2 Å². The third-order valence-electron chi connectivity index (χ3n) is 7.31. The molecule has 172 valence electrons. The van der Waals surface area contributed by atoms with E-state index >= 15 is 0 Å². The van der Waals surface area contributed by atoms with E-state index in [0.717, 1.165) is 25.9 Å². The maximum Gasteiger partial charge on any atom is 0.224 e. The molecule has 1 saturated carbocycles. The summed E-state index contributed by atoms with van der Waals surface area (Å²) in [4.78, 5) is 16.5. The second-order valence-electron chi connectivity index (χ2n) is 9.65. The van der Waals surface area contributed by atoms with Crippen LogP contribution in [0, 0.1) is 0 Å². The topological polar surface area (TPSA) is 73.0 Å². The average Bonchev–Trinajstić information content (AvgIpc) is 3.50. The number of amides is 1. The van der Waals surface area contributed by atoms with Crippen molar-refractivity contribution in [2.24, 2.45) is 0 Å². The molecule has 2 aliphatic heterocycles. The second kappa shape index (κ2) is 8.81. The molecule has 0 spiro atoms. The first kappa shape index (κ1) is 22.7. The van der Waals surface area contributed by atoms with Gasteiger partial charge in [0.2, 0.25) is 15.9 Å².